The van der Waals surface area contributed by atoms with E-state index in [0.717, 1.165) is 85.0 Å². The highest BCUT2D eigenvalue weighted by Crippen LogP contribution is 2.67. The summed E-state index contributed by atoms with van der Waals surface area (Å²) in [6, 6.07) is 133. The molecular formula is C134H136N2. The average Bonchev–Trinajstić information content (AvgIpc) is 1.53. The maximum atomic E-state index is 4.25. The van der Waals surface area contributed by atoms with Crippen LogP contribution in [0, 0.1) is 0 Å². The van der Waals surface area contributed by atoms with Gasteiger partial charge in [0.25, 0.3) is 0 Å². The smallest absolute Gasteiger partial charge is 0.0714 e. The summed E-state index contributed by atoms with van der Waals surface area (Å²) in [7, 11) is 0. The summed E-state index contributed by atoms with van der Waals surface area (Å²) in [4.78, 5) is 5.42. The van der Waals surface area contributed by atoms with Gasteiger partial charge in [-0.2, -0.15) is 0 Å². The number of hydrogen-bond acceptors (Lipinski definition) is 2. The van der Waals surface area contributed by atoms with Crippen LogP contribution in [0.15, 0.2) is 366 Å². The molecule has 0 amide bonds. The van der Waals surface area contributed by atoms with Crippen molar-refractivity contribution in [3.63, 3.8) is 0 Å². The monoisotopic (exact) mass is 1770 g/mol. The van der Waals surface area contributed by atoms with E-state index in [1.54, 1.807) is 11.1 Å². The van der Waals surface area contributed by atoms with Gasteiger partial charge < -0.3 is 9.80 Å². The van der Waals surface area contributed by atoms with E-state index in [9.17, 15) is 0 Å². The van der Waals surface area contributed by atoms with Crippen LogP contribution in [0.1, 0.15) is 296 Å². The minimum absolute atomic E-state index is 0.312. The van der Waals surface area contributed by atoms with Crippen LogP contribution < -0.4 is 9.80 Å². The quantitative estimate of drug-likeness (QED) is 0.0351. The van der Waals surface area contributed by atoms with Crippen molar-refractivity contribution in [3.8, 4) is 66.8 Å². The lowest BCUT2D eigenvalue weighted by atomic mass is 9.67. The predicted molar refractivity (Wildman–Crippen MR) is 586 cm³/mol. The van der Waals surface area contributed by atoms with Gasteiger partial charge in [-0.25, -0.2) is 0 Å². The molecule has 0 unspecified atom stereocenters. The van der Waals surface area contributed by atoms with Crippen molar-refractivity contribution in [1.29, 1.82) is 0 Å². The Kier molecular flexibility index (Phi) is 28.1. The van der Waals surface area contributed by atoms with Crippen LogP contribution in [-0.2, 0) is 21.7 Å². The molecule has 0 aliphatic heterocycles. The fourth-order valence-corrected chi connectivity index (χ4v) is 24.8. The Labute approximate surface area is 813 Å². The lowest BCUT2D eigenvalue weighted by Gasteiger charge is -2.36. The highest BCUT2D eigenvalue weighted by molar-refractivity contribution is 6.04. The average molecular weight is 1770 g/mol. The van der Waals surface area contributed by atoms with Crippen LogP contribution in [0.3, 0.4) is 0 Å². The number of para-hydroxylation sites is 2. The van der Waals surface area contributed by atoms with Gasteiger partial charge in [0.05, 0.1) is 33.6 Å². The molecule has 0 saturated carbocycles. The molecule has 15 aromatic carbocycles. The van der Waals surface area contributed by atoms with Crippen molar-refractivity contribution >= 4 is 58.4 Å². The molecule has 4 aliphatic carbocycles. The van der Waals surface area contributed by atoms with E-state index in [4.69, 9.17) is 0 Å². The molecule has 2 heteroatoms. The highest BCUT2D eigenvalue weighted by atomic mass is 15.2. The van der Waals surface area contributed by atoms with Gasteiger partial charge in [0.15, 0.2) is 0 Å². The Morgan fingerprint density at radius 3 is 0.787 bits per heavy atom. The Bertz CT molecular complexity index is 6190. The van der Waals surface area contributed by atoms with Crippen molar-refractivity contribution in [3.05, 3.63) is 455 Å². The first-order valence-corrected chi connectivity index (χ1v) is 51.9. The van der Waals surface area contributed by atoms with E-state index in [-0.39, 0.29) is 10.8 Å². The normalized spacial score (nSPS) is 13.7. The minimum atomic E-state index is -0.676. The molecular weight excluding hydrogens is 1640 g/mol. The van der Waals surface area contributed by atoms with Crippen molar-refractivity contribution in [2.24, 2.45) is 0 Å². The number of rotatable bonds is 44. The molecule has 0 aromatic heterocycles. The largest absolute Gasteiger partial charge is 0.309 e. The number of fused-ring (bicyclic) bond motifs is 12. The van der Waals surface area contributed by atoms with Crippen LogP contribution in [0.4, 0.5) is 34.1 Å². The molecule has 0 radical (unpaired) electrons. The molecule has 4 aliphatic rings. The Morgan fingerprint density at radius 1 is 0.206 bits per heavy atom. The lowest BCUT2D eigenvalue weighted by Crippen LogP contribution is -2.28. The SMILES string of the molecule is C=Cc1ccc(C2(c3ccc(C=C)cc3)c3ccccc3-c3c(N(c4ccc5c(c4)C(CCCCCCCC)(CCCCCCCC)c4cc6c(cc4-5)C(CCCCCCCC)(CCCCCCCC)c4cc(N(c5ccccc5-c5ccccc5)c5cccc7c5-c5ccccc5C7(c5ccc(C=C)cc5)c5ccc(C=C)cc5)ccc4-6)c4ccccc4-c4ccccc4)cccc32)cc1. The molecule has 2 nitrogen and oxygen atoms in total. The van der Waals surface area contributed by atoms with Crippen LogP contribution in [-0.4, -0.2) is 0 Å². The Hall–Kier alpha value is -13.1. The molecule has 19 rings (SSSR count). The van der Waals surface area contributed by atoms with Gasteiger partial charge in [-0.1, -0.05) is 511 Å². The second kappa shape index (κ2) is 41.6. The molecule has 0 heterocycles. The zero-order valence-corrected chi connectivity index (χ0v) is 81.2. The Balaban J connectivity index is 0.860. The van der Waals surface area contributed by atoms with Gasteiger partial charge in [0.2, 0.25) is 0 Å². The van der Waals surface area contributed by atoms with Crippen molar-refractivity contribution in [1.82, 2.24) is 0 Å². The molecule has 682 valence electrons. The predicted octanol–water partition coefficient (Wildman–Crippen LogP) is 38.8. The summed E-state index contributed by atoms with van der Waals surface area (Å²) < 4.78 is 0. The molecule has 0 saturated heterocycles. The van der Waals surface area contributed by atoms with E-state index in [2.05, 4.69) is 404 Å². The number of unbranched alkanes of at least 4 members (excludes halogenated alkanes) is 20. The first kappa shape index (κ1) is 92.0. The van der Waals surface area contributed by atoms with Crippen molar-refractivity contribution in [2.75, 3.05) is 9.80 Å². The zero-order chi connectivity index (χ0) is 93.0. The fraction of sp³-hybridized carbons (Fsp3) is 0.269. The molecule has 15 aromatic rings. The number of benzene rings is 15. The molecule has 136 heavy (non-hydrogen) atoms. The summed E-state index contributed by atoms with van der Waals surface area (Å²) in [5, 5.41) is 0. The van der Waals surface area contributed by atoms with Crippen LogP contribution >= 0.6 is 0 Å². The van der Waals surface area contributed by atoms with Gasteiger partial charge in [0.1, 0.15) is 0 Å². The zero-order valence-electron chi connectivity index (χ0n) is 81.2. The van der Waals surface area contributed by atoms with Gasteiger partial charge in [-0.15, -0.1) is 0 Å². The van der Waals surface area contributed by atoms with E-state index in [1.165, 1.54) is 274 Å². The first-order valence-electron chi connectivity index (χ1n) is 51.9. The summed E-state index contributed by atoms with van der Waals surface area (Å²) in [6.45, 7) is 26.5. The highest BCUT2D eigenvalue weighted by Gasteiger charge is 2.53. The summed E-state index contributed by atoms with van der Waals surface area (Å²) in [6.07, 6.45) is 41.8. The van der Waals surface area contributed by atoms with E-state index < -0.39 is 10.8 Å². The first-order chi connectivity index (χ1) is 67.1. The minimum Gasteiger partial charge on any atom is -0.309 e. The maximum absolute atomic E-state index is 4.25. The summed E-state index contributed by atoms with van der Waals surface area (Å²) >= 11 is 0. The van der Waals surface area contributed by atoms with Gasteiger partial charge in [-0.05, 0) is 220 Å². The molecule has 0 atom stereocenters. The van der Waals surface area contributed by atoms with Gasteiger partial charge in [0, 0.05) is 44.5 Å². The lowest BCUT2D eigenvalue weighted by molar-refractivity contribution is 0.394. The molecule has 0 spiro atoms. The second-order valence-electron chi connectivity index (χ2n) is 39.4. The fourth-order valence-electron chi connectivity index (χ4n) is 24.8. The maximum Gasteiger partial charge on any atom is 0.0714 e. The van der Waals surface area contributed by atoms with Gasteiger partial charge in [-0.3, -0.25) is 0 Å². The third-order valence-corrected chi connectivity index (χ3v) is 31.5. The van der Waals surface area contributed by atoms with Crippen LogP contribution in [0.25, 0.3) is 91.1 Å². The van der Waals surface area contributed by atoms with Crippen molar-refractivity contribution in [2.45, 2.75) is 229 Å². The number of hydrogen-bond donors (Lipinski definition) is 0. The van der Waals surface area contributed by atoms with Crippen LogP contribution in [0.2, 0.25) is 0 Å². The van der Waals surface area contributed by atoms with E-state index >= 15 is 0 Å². The van der Waals surface area contributed by atoms with Gasteiger partial charge >= 0.3 is 0 Å². The van der Waals surface area contributed by atoms with Crippen LogP contribution in [0.5, 0.6) is 0 Å². The van der Waals surface area contributed by atoms with E-state index in [0.29, 0.717) is 0 Å². The standard InChI is InChI=1S/C134H136N2/c1-9-17-21-25-29-47-89-131(90-48-30-26-22-18-10-2)121-93-107(135(125-65-45-41-57-109(125)101-53-35-33-36-54-101)127-67-51-63-119-129(127)113-59-39-43-61-117(113)133(119,103-77-69-97(13-5)70-78-103)104-79-71-98(14-6)72-80-104)85-87-111(121)115-96-124-116(95-123(115)131)112-88-86-108(94-122(112)132(124,91-49-31-27-23-19-11-3)92-50-32-28-24-20-12-4)136(126-66-46-42-58-110(126)102-55-37-34-38-56-102)128-68-52-64-120-130(128)114-60-40-44-62-118(114)134(120,105-81-73-99(15-7)74-82-105)106-83-75-100(16-8)76-84-106/h13-16,33-46,51-88,93-96H,5-12,17-32,47-50,89-92H2,1-4H3. The molecule has 0 fully saturated rings. The third kappa shape index (κ3) is 16.9. The summed E-state index contributed by atoms with van der Waals surface area (Å²) in [5.74, 6) is 0. The molecule has 0 bridgehead atoms. The Morgan fingerprint density at radius 2 is 0.471 bits per heavy atom. The molecule has 0 N–H and O–H groups in total. The summed E-state index contributed by atoms with van der Waals surface area (Å²) in [5.41, 5.74) is 41.0. The third-order valence-electron chi connectivity index (χ3n) is 31.5. The second-order valence-corrected chi connectivity index (χ2v) is 39.4. The van der Waals surface area contributed by atoms with Crippen molar-refractivity contribution < 1.29 is 0 Å². The number of nitrogens with zero attached hydrogens (tertiary/aromatic N) is 2. The number of anilines is 6. The van der Waals surface area contributed by atoms with E-state index in [1.807, 2.05) is 24.3 Å². The topological polar surface area (TPSA) is 6.48 Å².